The fraction of sp³-hybridized carbons (Fsp3) is 0.250. The van der Waals surface area contributed by atoms with Gasteiger partial charge in [-0.3, -0.25) is 9.59 Å². The highest BCUT2D eigenvalue weighted by molar-refractivity contribution is 6.06. The SMILES string of the molecule is Cc1c(C(=O)Nc2cccc(C(F)(F)F)c2)cc(-c2ccccc2)n1CCCN(C)C(=O)c1ccc(N(C)C)cc1. The van der Waals surface area contributed by atoms with E-state index in [2.05, 4.69) is 5.32 Å². The number of aromatic nitrogens is 1. The molecule has 1 N–H and O–H groups in total. The molecule has 0 bridgehead atoms. The maximum Gasteiger partial charge on any atom is 0.416 e. The van der Waals surface area contributed by atoms with Gasteiger partial charge in [0.1, 0.15) is 0 Å². The summed E-state index contributed by atoms with van der Waals surface area (Å²) >= 11 is 0. The number of hydrogen-bond donors (Lipinski definition) is 1. The molecular weight excluding hydrogens is 529 g/mol. The van der Waals surface area contributed by atoms with Crippen LogP contribution in [0.4, 0.5) is 24.5 Å². The van der Waals surface area contributed by atoms with E-state index in [1.165, 1.54) is 12.1 Å². The number of halogens is 3. The van der Waals surface area contributed by atoms with Gasteiger partial charge in [-0.2, -0.15) is 13.2 Å². The topological polar surface area (TPSA) is 57.6 Å². The van der Waals surface area contributed by atoms with E-state index < -0.39 is 17.6 Å². The summed E-state index contributed by atoms with van der Waals surface area (Å²) in [5.74, 6) is -0.574. The number of nitrogens with zero attached hydrogens (tertiary/aromatic N) is 3. The summed E-state index contributed by atoms with van der Waals surface area (Å²) in [5.41, 5.74) is 3.61. The van der Waals surface area contributed by atoms with E-state index in [0.29, 0.717) is 36.3 Å². The van der Waals surface area contributed by atoms with Gasteiger partial charge in [0.2, 0.25) is 0 Å². The summed E-state index contributed by atoms with van der Waals surface area (Å²) < 4.78 is 41.5. The summed E-state index contributed by atoms with van der Waals surface area (Å²) in [6.07, 6.45) is -3.88. The molecule has 2 amide bonds. The summed E-state index contributed by atoms with van der Waals surface area (Å²) in [4.78, 5) is 29.8. The Morgan fingerprint density at radius 1 is 0.878 bits per heavy atom. The number of hydrogen-bond acceptors (Lipinski definition) is 3. The molecule has 0 aliphatic carbocycles. The Hall–Kier alpha value is -4.53. The number of carbonyl (C=O) groups is 2. The van der Waals surface area contributed by atoms with E-state index in [9.17, 15) is 22.8 Å². The van der Waals surface area contributed by atoms with E-state index in [1.807, 2.05) is 85.1 Å². The molecule has 4 rings (SSSR count). The molecule has 6 nitrogen and oxygen atoms in total. The molecule has 0 radical (unpaired) electrons. The highest BCUT2D eigenvalue weighted by atomic mass is 19.4. The van der Waals surface area contributed by atoms with Crippen LogP contribution in [0.5, 0.6) is 0 Å². The molecule has 0 aliphatic heterocycles. The van der Waals surface area contributed by atoms with Crippen LogP contribution in [0, 0.1) is 6.92 Å². The molecular formula is C32H33F3N4O2. The lowest BCUT2D eigenvalue weighted by Crippen LogP contribution is -2.28. The van der Waals surface area contributed by atoms with Crippen LogP contribution in [0.2, 0.25) is 0 Å². The maximum absolute atomic E-state index is 13.2. The van der Waals surface area contributed by atoms with Crippen LogP contribution < -0.4 is 10.2 Å². The standard InChI is InChI=1S/C32H33F3N4O2/c1-22-28(30(40)36-26-13-8-12-25(20-26)32(33,34)35)21-29(23-10-6-5-7-11-23)39(22)19-9-18-38(4)31(41)24-14-16-27(17-15-24)37(2)3/h5-8,10-17,20-21H,9,18-19H2,1-4H3,(H,36,40). The maximum atomic E-state index is 13.2. The third kappa shape index (κ3) is 6.98. The second-order valence-corrected chi connectivity index (χ2v) is 10.1. The van der Waals surface area contributed by atoms with Crippen LogP contribution in [0.25, 0.3) is 11.3 Å². The second-order valence-electron chi connectivity index (χ2n) is 10.1. The molecule has 0 saturated heterocycles. The van der Waals surface area contributed by atoms with Gasteiger partial charge in [-0.15, -0.1) is 0 Å². The van der Waals surface area contributed by atoms with Crippen LogP contribution >= 0.6 is 0 Å². The first-order chi connectivity index (χ1) is 19.5. The fourth-order valence-electron chi connectivity index (χ4n) is 4.67. The van der Waals surface area contributed by atoms with Crippen molar-refractivity contribution in [1.29, 1.82) is 0 Å². The second kappa shape index (κ2) is 12.3. The number of rotatable bonds is 9. The van der Waals surface area contributed by atoms with Crippen molar-refractivity contribution in [3.05, 3.63) is 107 Å². The van der Waals surface area contributed by atoms with Crippen molar-refractivity contribution in [2.75, 3.05) is 37.9 Å². The normalized spacial score (nSPS) is 11.3. The van der Waals surface area contributed by atoms with Gasteiger partial charge in [-0.1, -0.05) is 36.4 Å². The summed E-state index contributed by atoms with van der Waals surface area (Å²) in [6.45, 7) is 2.84. The smallest absolute Gasteiger partial charge is 0.378 e. The van der Waals surface area contributed by atoms with Gasteiger partial charge in [0.05, 0.1) is 11.1 Å². The molecule has 0 aliphatic rings. The van der Waals surface area contributed by atoms with Gasteiger partial charge >= 0.3 is 6.18 Å². The van der Waals surface area contributed by atoms with Crippen molar-refractivity contribution in [2.24, 2.45) is 0 Å². The zero-order chi connectivity index (χ0) is 29.7. The predicted octanol–water partition coefficient (Wildman–Crippen LogP) is 6.96. The third-order valence-electron chi connectivity index (χ3n) is 6.98. The van der Waals surface area contributed by atoms with Gasteiger partial charge < -0.3 is 19.7 Å². The zero-order valence-corrected chi connectivity index (χ0v) is 23.5. The zero-order valence-electron chi connectivity index (χ0n) is 23.5. The van der Waals surface area contributed by atoms with Gasteiger partial charge in [-0.05, 0) is 67.4 Å². The van der Waals surface area contributed by atoms with Gasteiger partial charge in [-0.25, -0.2) is 0 Å². The van der Waals surface area contributed by atoms with Crippen LogP contribution in [0.3, 0.4) is 0 Å². The summed E-state index contributed by atoms with van der Waals surface area (Å²) in [7, 11) is 5.64. The molecule has 0 fully saturated rings. The lowest BCUT2D eigenvalue weighted by molar-refractivity contribution is -0.137. The van der Waals surface area contributed by atoms with E-state index in [0.717, 1.165) is 29.1 Å². The average molecular weight is 563 g/mol. The first-order valence-corrected chi connectivity index (χ1v) is 13.2. The van der Waals surface area contributed by atoms with E-state index in [4.69, 9.17) is 0 Å². The Kier molecular flexibility index (Phi) is 8.86. The fourth-order valence-corrected chi connectivity index (χ4v) is 4.67. The Morgan fingerprint density at radius 3 is 2.20 bits per heavy atom. The minimum Gasteiger partial charge on any atom is -0.378 e. The van der Waals surface area contributed by atoms with Crippen molar-refractivity contribution in [3.8, 4) is 11.3 Å². The predicted molar refractivity (Wildman–Crippen MR) is 156 cm³/mol. The van der Waals surface area contributed by atoms with Gasteiger partial charge in [0.25, 0.3) is 11.8 Å². The van der Waals surface area contributed by atoms with E-state index in [1.54, 1.807) is 18.0 Å². The molecule has 9 heteroatoms. The Balaban J connectivity index is 1.52. The Bertz CT molecular complexity index is 1510. The Labute approximate surface area is 238 Å². The van der Waals surface area contributed by atoms with E-state index >= 15 is 0 Å². The molecule has 214 valence electrons. The summed E-state index contributed by atoms with van der Waals surface area (Å²) in [5, 5.41) is 2.61. The molecule has 0 spiro atoms. The molecule has 0 unspecified atom stereocenters. The Morgan fingerprint density at radius 2 is 1.56 bits per heavy atom. The van der Waals surface area contributed by atoms with Crippen LogP contribution in [-0.2, 0) is 12.7 Å². The summed E-state index contributed by atoms with van der Waals surface area (Å²) in [6, 6.07) is 23.3. The molecule has 1 aromatic heterocycles. The van der Waals surface area contributed by atoms with Gasteiger partial charge in [0, 0.05) is 62.6 Å². The number of alkyl halides is 3. The largest absolute Gasteiger partial charge is 0.416 e. The minimum atomic E-state index is -4.51. The monoisotopic (exact) mass is 562 g/mol. The van der Waals surface area contributed by atoms with Crippen molar-refractivity contribution in [1.82, 2.24) is 9.47 Å². The molecule has 0 atom stereocenters. The number of amides is 2. The van der Waals surface area contributed by atoms with Crippen molar-refractivity contribution in [3.63, 3.8) is 0 Å². The van der Waals surface area contributed by atoms with Crippen molar-refractivity contribution < 1.29 is 22.8 Å². The van der Waals surface area contributed by atoms with Crippen molar-refractivity contribution >= 4 is 23.2 Å². The number of anilines is 2. The number of nitrogens with one attached hydrogen (secondary N) is 1. The van der Waals surface area contributed by atoms with Crippen LogP contribution in [-0.4, -0.2) is 49.0 Å². The molecule has 41 heavy (non-hydrogen) atoms. The number of carbonyl (C=O) groups excluding carboxylic acids is 2. The van der Waals surface area contributed by atoms with E-state index in [-0.39, 0.29) is 11.6 Å². The molecule has 3 aromatic carbocycles. The highest BCUT2D eigenvalue weighted by Crippen LogP contribution is 2.31. The highest BCUT2D eigenvalue weighted by Gasteiger charge is 2.30. The first kappa shape index (κ1) is 29.5. The lowest BCUT2D eigenvalue weighted by atomic mass is 10.1. The van der Waals surface area contributed by atoms with Gasteiger partial charge in [0.15, 0.2) is 0 Å². The quantitative estimate of drug-likeness (QED) is 0.240. The molecule has 0 saturated carbocycles. The number of benzene rings is 3. The average Bonchev–Trinajstić information content (AvgIpc) is 3.28. The molecule has 1 heterocycles. The third-order valence-corrected chi connectivity index (χ3v) is 6.98. The molecule has 4 aromatic rings. The minimum absolute atomic E-state index is 0.0667. The van der Waals surface area contributed by atoms with Crippen LogP contribution in [0.15, 0.2) is 84.9 Å². The van der Waals surface area contributed by atoms with Crippen LogP contribution in [0.1, 0.15) is 38.4 Å². The van der Waals surface area contributed by atoms with Crippen molar-refractivity contribution in [2.45, 2.75) is 26.1 Å². The lowest BCUT2D eigenvalue weighted by Gasteiger charge is -2.19. The first-order valence-electron chi connectivity index (χ1n) is 13.2.